The lowest BCUT2D eigenvalue weighted by molar-refractivity contribution is -0.118. The highest BCUT2D eigenvalue weighted by atomic mass is 16.6. The predicted octanol–water partition coefficient (Wildman–Crippen LogP) is 1.70. The summed E-state index contributed by atoms with van der Waals surface area (Å²) in [6.07, 6.45) is -0.876. The molecule has 1 amide bonds. The first-order chi connectivity index (χ1) is 6.31. The third kappa shape index (κ3) is 13.1. The lowest BCUT2D eigenvalue weighted by Crippen LogP contribution is -2.32. The van der Waals surface area contributed by atoms with Gasteiger partial charge in [-0.05, 0) is 20.3 Å². The van der Waals surface area contributed by atoms with Crippen LogP contribution < -0.4 is 5.32 Å². The largest absolute Gasteiger partial charge is 0.503 e. The first-order valence-corrected chi connectivity index (χ1v) is 4.19. The van der Waals surface area contributed by atoms with E-state index >= 15 is 0 Å². The van der Waals surface area contributed by atoms with Gasteiger partial charge in [-0.2, -0.15) is 0 Å². The van der Waals surface area contributed by atoms with Crippen molar-refractivity contribution >= 4 is 12.1 Å². The predicted molar refractivity (Wildman–Crippen MR) is 53.4 cm³/mol. The van der Waals surface area contributed by atoms with Gasteiger partial charge in [0.1, 0.15) is 0 Å². The van der Waals surface area contributed by atoms with E-state index in [4.69, 9.17) is 15.0 Å². The molecule has 0 aliphatic heterocycles. The molecule has 1 unspecified atom stereocenters. The van der Waals surface area contributed by atoms with E-state index in [0.29, 0.717) is 5.57 Å². The molecule has 0 saturated heterocycles. The van der Waals surface area contributed by atoms with Crippen LogP contribution in [-0.2, 0) is 4.79 Å². The molecule has 0 aliphatic rings. The Morgan fingerprint density at radius 2 is 1.79 bits per heavy atom. The van der Waals surface area contributed by atoms with Crippen molar-refractivity contribution in [2.24, 2.45) is 0 Å². The van der Waals surface area contributed by atoms with Gasteiger partial charge in [-0.1, -0.05) is 13.5 Å². The van der Waals surface area contributed by atoms with E-state index in [0.717, 1.165) is 6.42 Å². The molecule has 0 aromatic rings. The number of rotatable bonds is 3. The van der Waals surface area contributed by atoms with Crippen molar-refractivity contribution in [1.29, 1.82) is 0 Å². The molecule has 5 nitrogen and oxygen atoms in total. The molecule has 3 N–H and O–H groups in total. The van der Waals surface area contributed by atoms with E-state index in [1.54, 1.807) is 6.92 Å². The zero-order chi connectivity index (χ0) is 11.7. The highest BCUT2D eigenvalue weighted by molar-refractivity contribution is 5.92. The molecule has 0 saturated carbocycles. The standard InChI is InChI=1S/C8H15NO.CH2O3/c1-5-7(4)9-8(10)6(2)3;2-1(3)4/h7H,2,5H2,1,3-4H3,(H,9,10);(H2,2,3,4). The van der Waals surface area contributed by atoms with E-state index in [1.165, 1.54) is 0 Å². The van der Waals surface area contributed by atoms with Crippen molar-refractivity contribution in [3.05, 3.63) is 12.2 Å². The second-order valence-corrected chi connectivity index (χ2v) is 2.85. The third-order valence-corrected chi connectivity index (χ3v) is 1.38. The topological polar surface area (TPSA) is 86.6 Å². The van der Waals surface area contributed by atoms with E-state index in [1.807, 2.05) is 13.8 Å². The molecular weight excluding hydrogens is 186 g/mol. The second kappa shape index (κ2) is 8.10. The lowest BCUT2D eigenvalue weighted by atomic mass is 10.2. The van der Waals surface area contributed by atoms with E-state index < -0.39 is 6.16 Å². The minimum Gasteiger partial charge on any atom is -0.450 e. The molecule has 0 fully saturated rings. The average molecular weight is 203 g/mol. The normalized spacial score (nSPS) is 10.5. The fraction of sp³-hybridized carbons (Fsp3) is 0.556. The van der Waals surface area contributed by atoms with Crippen LogP contribution in [0.5, 0.6) is 0 Å². The van der Waals surface area contributed by atoms with Crippen molar-refractivity contribution < 1.29 is 19.8 Å². The minimum absolute atomic E-state index is 0.0469. The summed E-state index contributed by atoms with van der Waals surface area (Å²) in [5.74, 6) is -0.0469. The molecule has 0 aromatic carbocycles. The maximum atomic E-state index is 10.9. The Labute approximate surface area is 83.4 Å². The Morgan fingerprint density at radius 1 is 1.43 bits per heavy atom. The monoisotopic (exact) mass is 203 g/mol. The third-order valence-electron chi connectivity index (χ3n) is 1.38. The van der Waals surface area contributed by atoms with Gasteiger partial charge in [0.05, 0.1) is 0 Å². The van der Waals surface area contributed by atoms with Crippen molar-refractivity contribution in [1.82, 2.24) is 5.32 Å². The number of carbonyl (C=O) groups excluding carboxylic acids is 1. The minimum atomic E-state index is -1.83. The molecule has 0 aliphatic carbocycles. The number of carbonyl (C=O) groups is 2. The average Bonchev–Trinajstić information content (AvgIpc) is 2.02. The summed E-state index contributed by atoms with van der Waals surface area (Å²) in [7, 11) is 0. The fourth-order valence-electron chi connectivity index (χ4n) is 0.449. The molecule has 0 radical (unpaired) electrons. The number of hydrogen-bond donors (Lipinski definition) is 3. The first-order valence-electron chi connectivity index (χ1n) is 4.19. The highest BCUT2D eigenvalue weighted by Gasteiger charge is 2.03. The summed E-state index contributed by atoms with van der Waals surface area (Å²) in [5.41, 5.74) is 0.570. The van der Waals surface area contributed by atoms with Crippen LogP contribution in [0, 0.1) is 0 Å². The zero-order valence-corrected chi connectivity index (χ0v) is 8.70. The zero-order valence-electron chi connectivity index (χ0n) is 8.70. The fourth-order valence-corrected chi connectivity index (χ4v) is 0.449. The summed E-state index contributed by atoms with van der Waals surface area (Å²) >= 11 is 0. The van der Waals surface area contributed by atoms with E-state index in [-0.39, 0.29) is 11.9 Å². The van der Waals surface area contributed by atoms with E-state index in [2.05, 4.69) is 11.9 Å². The van der Waals surface area contributed by atoms with Gasteiger partial charge in [-0.3, -0.25) is 4.79 Å². The molecule has 0 bridgehead atoms. The summed E-state index contributed by atoms with van der Waals surface area (Å²) < 4.78 is 0. The summed E-state index contributed by atoms with van der Waals surface area (Å²) in [4.78, 5) is 19.5. The van der Waals surface area contributed by atoms with Crippen LogP contribution in [0.4, 0.5) is 4.79 Å². The van der Waals surface area contributed by atoms with Crippen LogP contribution in [0.15, 0.2) is 12.2 Å². The van der Waals surface area contributed by atoms with Crippen molar-refractivity contribution in [3.8, 4) is 0 Å². The van der Waals surface area contributed by atoms with E-state index in [9.17, 15) is 4.79 Å². The number of nitrogens with one attached hydrogen (secondary N) is 1. The van der Waals surface area contributed by atoms with Gasteiger partial charge in [-0.15, -0.1) is 0 Å². The van der Waals surface area contributed by atoms with Gasteiger partial charge in [0.25, 0.3) is 0 Å². The number of carboxylic acid groups (broad SMARTS) is 2. The maximum Gasteiger partial charge on any atom is 0.503 e. The first kappa shape index (κ1) is 15.0. The van der Waals surface area contributed by atoms with Gasteiger partial charge in [-0.25, -0.2) is 4.79 Å². The van der Waals surface area contributed by atoms with Gasteiger partial charge in [0.15, 0.2) is 0 Å². The van der Waals surface area contributed by atoms with Crippen LogP contribution >= 0.6 is 0 Å². The SMILES string of the molecule is C=C(C)C(=O)NC(C)CC.O=C(O)O. The molecular formula is C9H17NO4. The van der Waals surface area contributed by atoms with Crippen LogP contribution in [-0.4, -0.2) is 28.3 Å². The molecule has 82 valence electrons. The molecule has 14 heavy (non-hydrogen) atoms. The smallest absolute Gasteiger partial charge is 0.450 e. The van der Waals surface area contributed by atoms with Crippen LogP contribution in [0.25, 0.3) is 0 Å². The Morgan fingerprint density at radius 3 is 2.00 bits per heavy atom. The Balaban J connectivity index is 0. The van der Waals surface area contributed by atoms with Crippen molar-refractivity contribution in [2.45, 2.75) is 33.2 Å². The summed E-state index contributed by atoms with van der Waals surface area (Å²) in [6.45, 7) is 9.24. The molecule has 0 spiro atoms. The quantitative estimate of drug-likeness (QED) is 0.609. The maximum absolute atomic E-state index is 10.9. The van der Waals surface area contributed by atoms with Crippen molar-refractivity contribution in [3.63, 3.8) is 0 Å². The van der Waals surface area contributed by atoms with Crippen LogP contribution in [0.2, 0.25) is 0 Å². The summed E-state index contributed by atoms with van der Waals surface area (Å²) in [5, 5.41) is 16.7. The van der Waals surface area contributed by atoms with Gasteiger partial charge < -0.3 is 15.5 Å². The molecule has 5 heteroatoms. The Bertz CT molecular complexity index is 209. The highest BCUT2D eigenvalue weighted by Crippen LogP contribution is 1.91. The number of amides is 1. The molecule has 0 rings (SSSR count). The molecule has 1 atom stereocenters. The number of hydrogen-bond acceptors (Lipinski definition) is 2. The van der Waals surface area contributed by atoms with Crippen LogP contribution in [0.1, 0.15) is 27.2 Å². The Kier molecular flexibility index (Phi) is 8.66. The van der Waals surface area contributed by atoms with Crippen molar-refractivity contribution in [2.75, 3.05) is 0 Å². The second-order valence-electron chi connectivity index (χ2n) is 2.85. The Hall–Kier alpha value is -1.52. The lowest BCUT2D eigenvalue weighted by Gasteiger charge is -2.10. The van der Waals surface area contributed by atoms with Gasteiger partial charge >= 0.3 is 6.16 Å². The van der Waals surface area contributed by atoms with Gasteiger partial charge in [0, 0.05) is 11.6 Å². The molecule has 0 aromatic heterocycles. The van der Waals surface area contributed by atoms with Gasteiger partial charge in [0.2, 0.25) is 5.91 Å². The van der Waals surface area contributed by atoms with Crippen LogP contribution in [0.3, 0.4) is 0 Å². The summed E-state index contributed by atoms with van der Waals surface area (Å²) in [6, 6.07) is 0.254. The molecule has 0 heterocycles.